The number of halogens is 1. The molecule has 7 heteroatoms. The third-order valence-corrected chi connectivity index (χ3v) is 6.58. The SMILES string of the molecule is C[C@@H]1C[C@H]1Cn1ncc(-c2ccc(S(C)(=O)=O)cc2)c(-c2ccc(F)cc2)c1=O. The van der Waals surface area contributed by atoms with E-state index >= 15 is 0 Å². The molecule has 0 amide bonds. The maximum atomic E-state index is 13.4. The van der Waals surface area contributed by atoms with E-state index in [1.807, 2.05) is 0 Å². The van der Waals surface area contributed by atoms with Crippen LogP contribution in [0.1, 0.15) is 13.3 Å². The van der Waals surface area contributed by atoms with Crippen molar-refractivity contribution < 1.29 is 12.8 Å². The second kappa shape index (κ2) is 7.22. The molecule has 1 heterocycles. The molecule has 0 bridgehead atoms. The summed E-state index contributed by atoms with van der Waals surface area (Å²) < 4.78 is 38.4. The van der Waals surface area contributed by atoms with E-state index in [1.165, 1.54) is 28.9 Å². The van der Waals surface area contributed by atoms with Gasteiger partial charge in [0.2, 0.25) is 0 Å². The molecule has 1 saturated carbocycles. The van der Waals surface area contributed by atoms with Gasteiger partial charge in [-0.15, -0.1) is 0 Å². The van der Waals surface area contributed by atoms with Gasteiger partial charge in [-0.2, -0.15) is 5.10 Å². The van der Waals surface area contributed by atoms with Gasteiger partial charge in [0.15, 0.2) is 9.84 Å². The summed E-state index contributed by atoms with van der Waals surface area (Å²) in [5.41, 5.74) is 2.05. The molecule has 1 fully saturated rings. The summed E-state index contributed by atoms with van der Waals surface area (Å²) in [4.78, 5) is 13.5. The minimum absolute atomic E-state index is 0.202. The normalized spacial score (nSPS) is 18.6. The third-order valence-electron chi connectivity index (χ3n) is 5.45. The molecule has 0 saturated heterocycles. The first-order valence-corrected chi connectivity index (χ1v) is 11.3. The van der Waals surface area contributed by atoms with Crippen LogP contribution in [0.2, 0.25) is 0 Å². The van der Waals surface area contributed by atoms with E-state index in [9.17, 15) is 17.6 Å². The Morgan fingerprint density at radius 1 is 1.07 bits per heavy atom. The van der Waals surface area contributed by atoms with E-state index in [1.54, 1.807) is 30.5 Å². The number of nitrogens with zero attached hydrogens (tertiary/aromatic N) is 2. The molecule has 1 aliphatic rings. The highest BCUT2D eigenvalue weighted by Gasteiger charge is 2.33. The molecule has 1 aliphatic carbocycles. The first-order chi connectivity index (χ1) is 13.7. The Hall–Kier alpha value is -2.80. The second-order valence-electron chi connectivity index (χ2n) is 7.70. The van der Waals surface area contributed by atoms with E-state index in [0.717, 1.165) is 12.7 Å². The quantitative estimate of drug-likeness (QED) is 0.640. The Kier molecular flexibility index (Phi) is 4.86. The molecule has 0 aliphatic heterocycles. The maximum Gasteiger partial charge on any atom is 0.275 e. The maximum absolute atomic E-state index is 13.4. The number of hydrogen-bond acceptors (Lipinski definition) is 4. The van der Waals surface area contributed by atoms with Gasteiger partial charge >= 0.3 is 0 Å². The summed E-state index contributed by atoms with van der Waals surface area (Å²) in [5, 5.41) is 4.36. The van der Waals surface area contributed by atoms with Gasteiger partial charge in [0.05, 0.1) is 16.7 Å². The number of sulfone groups is 1. The van der Waals surface area contributed by atoms with Crippen LogP contribution in [0.4, 0.5) is 4.39 Å². The zero-order valence-corrected chi connectivity index (χ0v) is 17.0. The van der Waals surface area contributed by atoms with Gasteiger partial charge in [-0.25, -0.2) is 17.5 Å². The lowest BCUT2D eigenvalue weighted by atomic mass is 9.97. The Labute approximate surface area is 168 Å². The van der Waals surface area contributed by atoms with E-state index in [0.29, 0.717) is 40.6 Å². The first kappa shape index (κ1) is 19.5. The molecule has 0 unspecified atom stereocenters. The summed E-state index contributed by atoms with van der Waals surface area (Å²) in [6.07, 6.45) is 3.85. The van der Waals surface area contributed by atoms with Gasteiger partial charge in [0.25, 0.3) is 5.56 Å². The van der Waals surface area contributed by atoms with Gasteiger partial charge in [-0.1, -0.05) is 31.2 Å². The van der Waals surface area contributed by atoms with Crippen LogP contribution in [0.3, 0.4) is 0 Å². The summed E-state index contributed by atoms with van der Waals surface area (Å²) >= 11 is 0. The number of aromatic nitrogens is 2. The minimum atomic E-state index is -3.32. The van der Waals surface area contributed by atoms with Crippen molar-refractivity contribution in [1.82, 2.24) is 9.78 Å². The molecular weight excluding hydrogens is 391 g/mol. The van der Waals surface area contributed by atoms with Crippen LogP contribution >= 0.6 is 0 Å². The molecule has 0 radical (unpaired) electrons. The molecule has 4 rings (SSSR count). The topological polar surface area (TPSA) is 69.0 Å². The lowest BCUT2D eigenvalue weighted by Gasteiger charge is -2.13. The van der Waals surface area contributed by atoms with Crippen molar-refractivity contribution in [2.45, 2.75) is 24.8 Å². The minimum Gasteiger partial charge on any atom is -0.267 e. The fourth-order valence-electron chi connectivity index (χ4n) is 3.49. The van der Waals surface area contributed by atoms with E-state index in [4.69, 9.17) is 0 Å². The molecule has 1 aromatic heterocycles. The summed E-state index contributed by atoms with van der Waals surface area (Å²) in [6, 6.07) is 12.1. The van der Waals surface area contributed by atoms with E-state index < -0.39 is 9.84 Å². The van der Waals surface area contributed by atoms with Crippen LogP contribution < -0.4 is 5.56 Å². The standard InChI is InChI=1S/C22H21FN2O3S/c1-14-11-17(14)13-25-22(26)21(16-3-7-18(23)8-4-16)20(12-24-25)15-5-9-19(10-6-15)29(2,27)28/h3-10,12,14,17H,11,13H2,1-2H3/t14-,17+/m1/s1. The second-order valence-corrected chi connectivity index (χ2v) is 9.71. The Balaban J connectivity index is 1.85. The van der Waals surface area contributed by atoms with Crippen molar-refractivity contribution in [1.29, 1.82) is 0 Å². The van der Waals surface area contributed by atoms with Crippen molar-refractivity contribution in [3.63, 3.8) is 0 Å². The van der Waals surface area contributed by atoms with Crippen molar-refractivity contribution >= 4 is 9.84 Å². The number of rotatable bonds is 5. The highest BCUT2D eigenvalue weighted by Crippen LogP contribution is 2.38. The van der Waals surface area contributed by atoms with Crippen LogP contribution in [-0.2, 0) is 16.4 Å². The molecule has 3 aromatic rings. The molecule has 0 spiro atoms. The smallest absolute Gasteiger partial charge is 0.267 e. The van der Waals surface area contributed by atoms with Crippen LogP contribution in [0, 0.1) is 17.7 Å². The van der Waals surface area contributed by atoms with Gasteiger partial charge < -0.3 is 0 Å². The van der Waals surface area contributed by atoms with Gasteiger partial charge in [-0.05, 0) is 53.6 Å². The fourth-order valence-corrected chi connectivity index (χ4v) is 4.12. The summed E-state index contributed by atoms with van der Waals surface area (Å²) in [6.45, 7) is 2.70. The van der Waals surface area contributed by atoms with Crippen molar-refractivity contribution in [3.8, 4) is 22.3 Å². The van der Waals surface area contributed by atoms with Crippen LogP contribution in [0.25, 0.3) is 22.3 Å². The van der Waals surface area contributed by atoms with Crippen LogP contribution in [0.5, 0.6) is 0 Å². The summed E-state index contributed by atoms with van der Waals surface area (Å²) in [5.74, 6) is 0.649. The first-order valence-electron chi connectivity index (χ1n) is 9.40. The van der Waals surface area contributed by atoms with Gasteiger partial charge in [0.1, 0.15) is 5.82 Å². The number of hydrogen-bond donors (Lipinski definition) is 0. The average molecular weight is 412 g/mol. The van der Waals surface area contributed by atoms with Crippen LogP contribution in [-0.4, -0.2) is 24.5 Å². The van der Waals surface area contributed by atoms with Crippen molar-refractivity contribution in [3.05, 3.63) is 70.9 Å². The molecule has 2 aromatic carbocycles. The van der Waals surface area contributed by atoms with Gasteiger partial charge in [0, 0.05) is 18.4 Å². The van der Waals surface area contributed by atoms with Gasteiger partial charge in [-0.3, -0.25) is 4.79 Å². The Bertz CT molecular complexity index is 1220. The third kappa shape index (κ3) is 4.00. The predicted molar refractivity (Wildman–Crippen MR) is 110 cm³/mol. The molecule has 150 valence electrons. The van der Waals surface area contributed by atoms with E-state index in [2.05, 4.69) is 12.0 Å². The lowest BCUT2D eigenvalue weighted by molar-refractivity contribution is 0.515. The Morgan fingerprint density at radius 3 is 2.21 bits per heavy atom. The highest BCUT2D eigenvalue weighted by atomic mass is 32.2. The average Bonchev–Trinajstić information content (AvgIpc) is 3.38. The molecule has 29 heavy (non-hydrogen) atoms. The molecule has 5 nitrogen and oxygen atoms in total. The monoisotopic (exact) mass is 412 g/mol. The van der Waals surface area contributed by atoms with E-state index in [-0.39, 0.29) is 16.3 Å². The van der Waals surface area contributed by atoms with Crippen molar-refractivity contribution in [2.24, 2.45) is 11.8 Å². The molecule has 0 N–H and O–H groups in total. The number of benzene rings is 2. The van der Waals surface area contributed by atoms with Crippen LogP contribution in [0.15, 0.2) is 64.4 Å². The predicted octanol–water partition coefficient (Wildman–Crippen LogP) is 3.78. The summed E-state index contributed by atoms with van der Waals surface area (Å²) in [7, 11) is -3.32. The molecular formula is C22H21FN2O3S. The fraction of sp³-hybridized carbons (Fsp3) is 0.273. The van der Waals surface area contributed by atoms with Crippen molar-refractivity contribution in [2.75, 3.05) is 6.26 Å². The lowest BCUT2D eigenvalue weighted by Crippen LogP contribution is -2.26. The zero-order valence-electron chi connectivity index (χ0n) is 16.2. The highest BCUT2D eigenvalue weighted by molar-refractivity contribution is 7.90. The molecule has 2 atom stereocenters. The zero-order chi connectivity index (χ0) is 20.8. The Morgan fingerprint density at radius 2 is 1.66 bits per heavy atom. The largest absolute Gasteiger partial charge is 0.275 e.